The van der Waals surface area contributed by atoms with E-state index >= 15 is 0 Å². The van der Waals surface area contributed by atoms with Crippen molar-refractivity contribution in [2.75, 3.05) is 6.54 Å². The minimum absolute atomic E-state index is 0. The average molecular weight is 495 g/mol. The first-order valence-corrected chi connectivity index (χ1v) is 9.73. The molecule has 0 aliphatic carbocycles. The zero-order valence-electron chi connectivity index (χ0n) is 15.7. The zero-order valence-corrected chi connectivity index (χ0v) is 18.8. The molecule has 2 heterocycles. The van der Waals surface area contributed by atoms with Gasteiger partial charge in [0.05, 0.1) is 25.8 Å². The van der Waals surface area contributed by atoms with Gasteiger partial charge in [-0.2, -0.15) is 5.10 Å². The standard InChI is InChI=1S/C20H25N5S.HI/c1-3-21-20(23-13-19-16(2)9-10-26-19)22-11-18-12-24-25(15-18)14-17-7-5-4-6-8-17;/h4-10,12,15H,3,11,13-14H2,1-2H3,(H2,21,22,23);1H. The van der Waals surface area contributed by atoms with E-state index in [1.165, 1.54) is 16.0 Å². The molecule has 0 fully saturated rings. The van der Waals surface area contributed by atoms with Crippen molar-refractivity contribution in [2.45, 2.75) is 33.5 Å². The van der Waals surface area contributed by atoms with Crippen LogP contribution >= 0.6 is 35.3 Å². The maximum absolute atomic E-state index is 4.68. The summed E-state index contributed by atoms with van der Waals surface area (Å²) in [5, 5.41) is 13.3. The Morgan fingerprint density at radius 3 is 2.67 bits per heavy atom. The topological polar surface area (TPSA) is 54.2 Å². The summed E-state index contributed by atoms with van der Waals surface area (Å²) in [6.45, 7) is 7.23. The first kappa shape index (κ1) is 21.4. The normalized spacial score (nSPS) is 11.1. The van der Waals surface area contributed by atoms with Crippen LogP contribution in [-0.4, -0.2) is 22.3 Å². The maximum Gasteiger partial charge on any atom is 0.191 e. The Kier molecular flexibility index (Phi) is 8.80. The van der Waals surface area contributed by atoms with Crippen LogP contribution in [0.4, 0.5) is 0 Å². The summed E-state index contributed by atoms with van der Waals surface area (Å²) >= 11 is 1.77. The van der Waals surface area contributed by atoms with Crippen molar-refractivity contribution in [1.29, 1.82) is 0 Å². The number of aryl methyl sites for hydroxylation is 1. The van der Waals surface area contributed by atoms with Crippen molar-refractivity contribution in [3.63, 3.8) is 0 Å². The molecule has 144 valence electrons. The number of nitrogens with zero attached hydrogens (tertiary/aromatic N) is 3. The Morgan fingerprint density at radius 1 is 1.15 bits per heavy atom. The van der Waals surface area contributed by atoms with E-state index in [1.807, 2.05) is 29.1 Å². The molecule has 0 amide bonds. The van der Waals surface area contributed by atoms with Crippen LogP contribution in [0.5, 0.6) is 0 Å². The van der Waals surface area contributed by atoms with Crippen molar-refractivity contribution in [3.8, 4) is 0 Å². The Bertz CT molecular complexity index is 841. The fourth-order valence-electron chi connectivity index (χ4n) is 2.61. The molecule has 2 N–H and O–H groups in total. The summed E-state index contributed by atoms with van der Waals surface area (Å²) < 4.78 is 1.95. The van der Waals surface area contributed by atoms with Crippen molar-refractivity contribution in [2.24, 2.45) is 4.99 Å². The molecule has 5 nitrogen and oxygen atoms in total. The van der Waals surface area contributed by atoms with Crippen LogP contribution in [0.1, 0.15) is 28.5 Å². The summed E-state index contributed by atoms with van der Waals surface area (Å²) in [4.78, 5) is 6.02. The van der Waals surface area contributed by atoms with Crippen molar-refractivity contribution in [1.82, 2.24) is 20.4 Å². The molecule has 7 heteroatoms. The number of aliphatic imine (C=N–C) groups is 1. The lowest BCUT2D eigenvalue weighted by Gasteiger charge is -2.10. The van der Waals surface area contributed by atoms with E-state index in [4.69, 9.17) is 0 Å². The smallest absolute Gasteiger partial charge is 0.191 e. The van der Waals surface area contributed by atoms with E-state index in [2.05, 4.69) is 64.3 Å². The van der Waals surface area contributed by atoms with Crippen LogP contribution < -0.4 is 10.6 Å². The van der Waals surface area contributed by atoms with E-state index in [9.17, 15) is 0 Å². The first-order valence-electron chi connectivity index (χ1n) is 8.85. The largest absolute Gasteiger partial charge is 0.357 e. The highest BCUT2D eigenvalue weighted by Crippen LogP contribution is 2.14. The third kappa shape index (κ3) is 6.66. The highest BCUT2D eigenvalue weighted by atomic mass is 127. The van der Waals surface area contributed by atoms with Gasteiger partial charge in [0.1, 0.15) is 0 Å². The van der Waals surface area contributed by atoms with Gasteiger partial charge in [-0.25, -0.2) is 4.99 Å². The molecule has 2 aromatic heterocycles. The molecule has 3 aromatic rings. The van der Waals surface area contributed by atoms with Crippen molar-refractivity contribution in [3.05, 3.63) is 75.7 Å². The molecule has 0 atom stereocenters. The monoisotopic (exact) mass is 495 g/mol. The van der Waals surface area contributed by atoms with Crippen LogP contribution in [0, 0.1) is 6.92 Å². The molecule has 3 rings (SSSR count). The summed E-state index contributed by atoms with van der Waals surface area (Å²) in [6, 6.07) is 12.5. The van der Waals surface area contributed by atoms with Gasteiger partial charge in [0.2, 0.25) is 0 Å². The second kappa shape index (κ2) is 11.1. The highest BCUT2D eigenvalue weighted by Gasteiger charge is 2.03. The number of hydrogen-bond donors (Lipinski definition) is 2. The molecule has 0 saturated heterocycles. The van der Waals surface area contributed by atoms with Crippen molar-refractivity contribution >= 4 is 41.3 Å². The zero-order chi connectivity index (χ0) is 18.2. The van der Waals surface area contributed by atoms with E-state index in [0.717, 1.165) is 31.2 Å². The third-order valence-corrected chi connectivity index (χ3v) is 5.05. The second-order valence-corrected chi connectivity index (χ2v) is 7.11. The first-order chi connectivity index (χ1) is 12.7. The van der Waals surface area contributed by atoms with Crippen LogP contribution in [0.3, 0.4) is 0 Å². The lowest BCUT2D eigenvalue weighted by Crippen LogP contribution is -2.36. The van der Waals surface area contributed by atoms with Gasteiger partial charge in [-0.3, -0.25) is 4.68 Å². The quantitative estimate of drug-likeness (QED) is 0.294. The number of nitrogens with one attached hydrogen (secondary N) is 2. The summed E-state index contributed by atoms with van der Waals surface area (Å²) in [7, 11) is 0. The van der Waals surface area contributed by atoms with Gasteiger partial charge in [0.25, 0.3) is 0 Å². The van der Waals surface area contributed by atoms with E-state index < -0.39 is 0 Å². The number of thiophene rings is 1. The summed E-state index contributed by atoms with van der Waals surface area (Å²) in [5.74, 6) is 0.830. The second-order valence-electron chi connectivity index (χ2n) is 6.11. The number of aromatic nitrogens is 2. The summed E-state index contributed by atoms with van der Waals surface area (Å²) in [5.41, 5.74) is 3.66. The van der Waals surface area contributed by atoms with Crippen LogP contribution in [-0.2, 0) is 19.6 Å². The minimum atomic E-state index is 0. The van der Waals surface area contributed by atoms with E-state index in [0.29, 0.717) is 6.54 Å². The molecule has 0 spiro atoms. The molecule has 0 bridgehead atoms. The molecule has 0 radical (unpaired) electrons. The number of guanidine groups is 1. The molecule has 0 saturated carbocycles. The highest BCUT2D eigenvalue weighted by molar-refractivity contribution is 14.0. The number of halogens is 1. The molecule has 0 unspecified atom stereocenters. The molecule has 0 aliphatic rings. The molecule has 1 aromatic carbocycles. The van der Waals surface area contributed by atoms with Gasteiger partial charge < -0.3 is 10.6 Å². The fourth-order valence-corrected chi connectivity index (χ4v) is 3.45. The van der Waals surface area contributed by atoms with Crippen LogP contribution in [0.15, 0.2) is 59.2 Å². The van der Waals surface area contributed by atoms with Crippen LogP contribution in [0.25, 0.3) is 0 Å². The van der Waals surface area contributed by atoms with Gasteiger partial charge in [-0.15, -0.1) is 35.3 Å². The van der Waals surface area contributed by atoms with Gasteiger partial charge >= 0.3 is 0 Å². The van der Waals surface area contributed by atoms with Crippen LogP contribution in [0.2, 0.25) is 0 Å². The van der Waals surface area contributed by atoms with Gasteiger partial charge in [0.15, 0.2) is 5.96 Å². The minimum Gasteiger partial charge on any atom is -0.357 e. The van der Waals surface area contributed by atoms with Gasteiger partial charge in [0, 0.05) is 23.2 Å². The number of hydrogen-bond acceptors (Lipinski definition) is 3. The Morgan fingerprint density at radius 2 is 1.96 bits per heavy atom. The van der Waals surface area contributed by atoms with E-state index in [-0.39, 0.29) is 24.0 Å². The Hall–Kier alpha value is -1.87. The molecule has 0 aliphatic heterocycles. The summed E-state index contributed by atoms with van der Waals surface area (Å²) in [6.07, 6.45) is 3.95. The Balaban J connectivity index is 0.00000261. The van der Waals surface area contributed by atoms with Gasteiger partial charge in [-0.1, -0.05) is 30.3 Å². The molecular weight excluding hydrogens is 469 g/mol. The molecular formula is C20H26IN5S. The predicted octanol–water partition coefficient (Wildman–Crippen LogP) is 4.17. The third-order valence-electron chi connectivity index (χ3n) is 4.02. The molecule has 27 heavy (non-hydrogen) atoms. The van der Waals surface area contributed by atoms with Crippen molar-refractivity contribution < 1.29 is 0 Å². The average Bonchev–Trinajstić information content (AvgIpc) is 3.27. The van der Waals surface area contributed by atoms with Gasteiger partial charge in [-0.05, 0) is 36.4 Å². The van der Waals surface area contributed by atoms with E-state index in [1.54, 1.807) is 11.3 Å². The lowest BCUT2D eigenvalue weighted by atomic mass is 10.2. The Labute approximate surface area is 181 Å². The lowest BCUT2D eigenvalue weighted by molar-refractivity contribution is 0.686. The maximum atomic E-state index is 4.68. The fraction of sp³-hybridized carbons (Fsp3) is 0.300. The number of benzene rings is 1. The number of rotatable bonds is 7. The SMILES string of the molecule is CCNC(=NCc1cnn(Cc2ccccc2)c1)NCc1sccc1C.I. The predicted molar refractivity (Wildman–Crippen MR) is 124 cm³/mol.